The van der Waals surface area contributed by atoms with E-state index in [0.717, 1.165) is 18.8 Å². The first-order chi connectivity index (χ1) is 14.4. The molecule has 1 amide bonds. The normalized spacial score (nSPS) is 13.6. The summed E-state index contributed by atoms with van der Waals surface area (Å²) in [7, 11) is 0. The average molecular weight is 472 g/mol. The van der Waals surface area contributed by atoms with Crippen molar-refractivity contribution < 1.29 is 19.1 Å². The number of nitrogens with zero attached hydrogens (tertiary/aromatic N) is 1. The van der Waals surface area contributed by atoms with Crippen LogP contribution in [0.2, 0.25) is 15.1 Å². The number of esters is 1. The second kappa shape index (κ2) is 10.8. The first kappa shape index (κ1) is 22.5. The van der Waals surface area contributed by atoms with Crippen LogP contribution in [0.3, 0.4) is 0 Å². The van der Waals surface area contributed by atoms with Crippen molar-refractivity contribution in [3.63, 3.8) is 0 Å². The third kappa shape index (κ3) is 6.42. The molecule has 0 atom stereocenters. The number of amides is 1. The van der Waals surface area contributed by atoms with Gasteiger partial charge in [0, 0.05) is 30.5 Å². The number of piperidine rings is 1. The topological polar surface area (TPSA) is 67.9 Å². The Labute approximate surface area is 190 Å². The van der Waals surface area contributed by atoms with Crippen molar-refractivity contribution in [1.82, 2.24) is 0 Å². The molecule has 30 heavy (non-hydrogen) atoms. The van der Waals surface area contributed by atoms with E-state index >= 15 is 0 Å². The highest BCUT2D eigenvalue weighted by Gasteiger charge is 2.13. The van der Waals surface area contributed by atoms with E-state index in [1.165, 1.54) is 31.4 Å². The zero-order valence-corrected chi connectivity index (χ0v) is 18.4. The number of hydrogen-bond acceptors (Lipinski definition) is 5. The van der Waals surface area contributed by atoms with Crippen LogP contribution in [0.5, 0.6) is 5.75 Å². The molecule has 1 saturated heterocycles. The largest absolute Gasteiger partial charge is 0.480 e. The lowest BCUT2D eigenvalue weighted by molar-refractivity contribution is -0.149. The van der Waals surface area contributed by atoms with Crippen molar-refractivity contribution in [2.24, 2.45) is 0 Å². The van der Waals surface area contributed by atoms with Crippen LogP contribution in [0.1, 0.15) is 19.3 Å². The fourth-order valence-corrected chi connectivity index (χ4v) is 3.64. The molecule has 2 aromatic rings. The summed E-state index contributed by atoms with van der Waals surface area (Å²) in [5, 5.41) is 3.43. The standard InChI is InChI=1S/C21H21Cl3N2O4/c22-16-10-18(24)19(11-17(16)23)29-13-21(28)30-12-20(27)25-14-4-6-15(7-5-14)26-8-2-1-3-9-26/h4-7,10-11H,1-3,8-9,12-13H2,(H,25,27). The van der Waals surface area contributed by atoms with Gasteiger partial charge in [-0.2, -0.15) is 0 Å². The fraction of sp³-hybridized carbons (Fsp3) is 0.333. The summed E-state index contributed by atoms with van der Waals surface area (Å²) in [4.78, 5) is 26.2. The third-order valence-electron chi connectivity index (χ3n) is 4.56. The Kier molecular flexibility index (Phi) is 8.08. The van der Waals surface area contributed by atoms with E-state index in [0.29, 0.717) is 5.69 Å². The third-order valence-corrected chi connectivity index (χ3v) is 5.57. The number of carbonyl (C=O) groups excluding carboxylic acids is 2. The number of carbonyl (C=O) groups is 2. The molecule has 0 aromatic heterocycles. The van der Waals surface area contributed by atoms with Crippen LogP contribution < -0.4 is 15.0 Å². The van der Waals surface area contributed by atoms with Crippen LogP contribution in [0, 0.1) is 0 Å². The molecule has 1 aliphatic heterocycles. The van der Waals surface area contributed by atoms with Crippen molar-refractivity contribution in [2.45, 2.75) is 19.3 Å². The van der Waals surface area contributed by atoms with Gasteiger partial charge in [-0.05, 0) is 49.6 Å². The Hall–Kier alpha value is -2.15. The van der Waals surface area contributed by atoms with E-state index in [1.807, 2.05) is 24.3 Å². The molecule has 160 valence electrons. The lowest BCUT2D eigenvalue weighted by Crippen LogP contribution is -2.29. The second-order valence-electron chi connectivity index (χ2n) is 6.79. The molecule has 0 bridgehead atoms. The van der Waals surface area contributed by atoms with E-state index in [-0.39, 0.29) is 20.8 Å². The highest BCUT2D eigenvalue weighted by molar-refractivity contribution is 6.43. The Bertz CT molecular complexity index is 900. The minimum Gasteiger partial charge on any atom is -0.480 e. The van der Waals surface area contributed by atoms with E-state index in [1.54, 1.807) is 0 Å². The van der Waals surface area contributed by atoms with Crippen molar-refractivity contribution in [1.29, 1.82) is 0 Å². The first-order valence-electron chi connectivity index (χ1n) is 9.50. The summed E-state index contributed by atoms with van der Waals surface area (Å²) >= 11 is 17.7. The number of ether oxygens (including phenoxy) is 2. The Morgan fingerprint density at radius 1 is 0.900 bits per heavy atom. The van der Waals surface area contributed by atoms with Crippen LogP contribution in [-0.4, -0.2) is 38.2 Å². The van der Waals surface area contributed by atoms with Crippen LogP contribution >= 0.6 is 34.8 Å². The quantitative estimate of drug-likeness (QED) is 0.444. The molecule has 1 aliphatic rings. The maximum absolute atomic E-state index is 12.0. The number of hydrogen-bond donors (Lipinski definition) is 1. The van der Waals surface area contributed by atoms with Gasteiger partial charge in [0.1, 0.15) is 5.75 Å². The maximum Gasteiger partial charge on any atom is 0.344 e. The van der Waals surface area contributed by atoms with Crippen LogP contribution in [0.15, 0.2) is 36.4 Å². The number of rotatable bonds is 7. The molecule has 3 rings (SSSR count). The summed E-state index contributed by atoms with van der Waals surface area (Å²) in [6.07, 6.45) is 3.67. The molecule has 0 spiro atoms. The molecule has 9 heteroatoms. The number of halogens is 3. The van der Waals surface area contributed by atoms with Crippen LogP contribution in [0.25, 0.3) is 0 Å². The Morgan fingerprint density at radius 3 is 2.27 bits per heavy atom. The van der Waals surface area contributed by atoms with Crippen molar-refractivity contribution in [3.8, 4) is 5.75 Å². The maximum atomic E-state index is 12.0. The molecule has 0 unspecified atom stereocenters. The van der Waals surface area contributed by atoms with Gasteiger partial charge in [0.25, 0.3) is 5.91 Å². The SMILES string of the molecule is O=C(COC(=O)COc1cc(Cl)c(Cl)cc1Cl)Nc1ccc(N2CCCCC2)cc1. The molecule has 0 aliphatic carbocycles. The average Bonchev–Trinajstić information content (AvgIpc) is 2.75. The zero-order chi connectivity index (χ0) is 21.5. The molecule has 6 nitrogen and oxygen atoms in total. The van der Waals surface area contributed by atoms with Crippen molar-refractivity contribution in [2.75, 3.05) is 36.5 Å². The summed E-state index contributed by atoms with van der Waals surface area (Å²) in [5.41, 5.74) is 1.77. The molecule has 1 heterocycles. The number of anilines is 2. The van der Waals surface area contributed by atoms with E-state index < -0.39 is 25.1 Å². The highest BCUT2D eigenvalue weighted by Crippen LogP contribution is 2.33. The summed E-state index contributed by atoms with van der Waals surface area (Å²) in [6, 6.07) is 10.4. The minimum atomic E-state index is -0.715. The van der Waals surface area contributed by atoms with Gasteiger partial charge in [0.15, 0.2) is 13.2 Å². The van der Waals surface area contributed by atoms with Gasteiger partial charge >= 0.3 is 5.97 Å². The van der Waals surface area contributed by atoms with Gasteiger partial charge in [0.2, 0.25) is 0 Å². The smallest absolute Gasteiger partial charge is 0.344 e. The minimum absolute atomic E-state index is 0.196. The Balaban J connectivity index is 1.41. The van der Waals surface area contributed by atoms with E-state index in [4.69, 9.17) is 44.3 Å². The van der Waals surface area contributed by atoms with Gasteiger partial charge in [-0.25, -0.2) is 4.79 Å². The van der Waals surface area contributed by atoms with E-state index in [9.17, 15) is 9.59 Å². The molecule has 0 radical (unpaired) electrons. The second-order valence-corrected chi connectivity index (χ2v) is 8.01. The van der Waals surface area contributed by atoms with Crippen molar-refractivity contribution >= 4 is 58.1 Å². The summed E-state index contributed by atoms with van der Waals surface area (Å²) in [6.45, 7) is 1.26. The van der Waals surface area contributed by atoms with Gasteiger partial charge in [-0.3, -0.25) is 4.79 Å². The highest BCUT2D eigenvalue weighted by atomic mass is 35.5. The zero-order valence-electron chi connectivity index (χ0n) is 16.1. The molecule has 2 aromatic carbocycles. The lowest BCUT2D eigenvalue weighted by atomic mass is 10.1. The molecule has 1 fully saturated rings. The lowest BCUT2D eigenvalue weighted by Gasteiger charge is -2.28. The van der Waals surface area contributed by atoms with Crippen LogP contribution in [-0.2, 0) is 14.3 Å². The fourth-order valence-electron chi connectivity index (χ4n) is 3.04. The molecular formula is C21H21Cl3N2O4. The predicted octanol–water partition coefficient (Wildman–Crippen LogP) is 5.20. The van der Waals surface area contributed by atoms with Crippen molar-refractivity contribution in [3.05, 3.63) is 51.5 Å². The first-order valence-corrected chi connectivity index (χ1v) is 10.6. The van der Waals surface area contributed by atoms with Crippen LogP contribution in [0.4, 0.5) is 11.4 Å². The van der Waals surface area contributed by atoms with Gasteiger partial charge in [-0.15, -0.1) is 0 Å². The number of benzene rings is 2. The predicted molar refractivity (Wildman–Crippen MR) is 119 cm³/mol. The number of nitrogens with one attached hydrogen (secondary N) is 1. The van der Waals surface area contributed by atoms with Gasteiger partial charge < -0.3 is 19.7 Å². The molecule has 0 saturated carbocycles. The van der Waals surface area contributed by atoms with Gasteiger partial charge in [-0.1, -0.05) is 34.8 Å². The molecular weight excluding hydrogens is 451 g/mol. The van der Waals surface area contributed by atoms with E-state index in [2.05, 4.69) is 10.2 Å². The summed E-state index contributed by atoms with van der Waals surface area (Å²) in [5.74, 6) is -0.962. The van der Waals surface area contributed by atoms with Gasteiger partial charge in [0.05, 0.1) is 15.1 Å². The summed E-state index contributed by atoms with van der Waals surface area (Å²) < 4.78 is 10.2. The molecule has 1 N–H and O–H groups in total. The Morgan fingerprint density at radius 2 is 1.57 bits per heavy atom. The monoisotopic (exact) mass is 470 g/mol.